The molecule has 0 aromatic rings. The van der Waals surface area contributed by atoms with E-state index in [4.69, 9.17) is 5.11 Å². The van der Waals surface area contributed by atoms with Gasteiger partial charge in [0.15, 0.2) is 0 Å². The van der Waals surface area contributed by atoms with Crippen LogP contribution in [0.4, 0.5) is 18.0 Å². The number of carboxylic acids is 1. The Morgan fingerprint density at radius 3 is 2.40 bits per heavy atom. The summed E-state index contributed by atoms with van der Waals surface area (Å²) in [5.41, 5.74) is 0. The van der Waals surface area contributed by atoms with Gasteiger partial charge >= 0.3 is 18.2 Å². The Morgan fingerprint density at radius 2 is 1.85 bits per heavy atom. The van der Waals surface area contributed by atoms with Crippen LogP contribution in [-0.2, 0) is 4.79 Å². The molecule has 0 bridgehead atoms. The second-order valence-corrected chi connectivity index (χ2v) is 5.11. The molecule has 1 aliphatic rings. The Hall–Kier alpha value is -1.47. The maximum Gasteiger partial charge on any atom is 0.406 e. The number of nitrogens with one attached hydrogen (secondary N) is 1. The summed E-state index contributed by atoms with van der Waals surface area (Å²) in [4.78, 5) is 23.4. The van der Waals surface area contributed by atoms with Crippen LogP contribution in [0.3, 0.4) is 0 Å². The summed E-state index contributed by atoms with van der Waals surface area (Å²) in [6.07, 6.45) is -1.18. The molecule has 0 aliphatic heterocycles. The monoisotopic (exact) mass is 296 g/mol. The fourth-order valence-corrected chi connectivity index (χ4v) is 2.39. The summed E-state index contributed by atoms with van der Waals surface area (Å²) in [5, 5.41) is 11.5. The van der Waals surface area contributed by atoms with Crippen molar-refractivity contribution in [2.24, 2.45) is 5.92 Å². The number of carboxylic acid groups (broad SMARTS) is 1. The van der Waals surface area contributed by atoms with Crippen LogP contribution in [0.1, 0.15) is 32.1 Å². The van der Waals surface area contributed by atoms with Crippen molar-refractivity contribution in [3.8, 4) is 0 Å². The molecule has 0 aromatic carbocycles. The normalized spacial score (nSPS) is 23.8. The average Bonchev–Trinajstić information content (AvgIpc) is 2.52. The average molecular weight is 296 g/mol. The van der Waals surface area contributed by atoms with Gasteiger partial charge in [-0.05, 0) is 12.8 Å². The third kappa shape index (κ3) is 5.26. The first-order valence-electron chi connectivity index (χ1n) is 6.52. The van der Waals surface area contributed by atoms with E-state index in [1.165, 1.54) is 0 Å². The molecule has 2 atom stereocenters. The van der Waals surface area contributed by atoms with E-state index in [2.05, 4.69) is 5.32 Å². The molecule has 0 aromatic heterocycles. The Balaban J connectivity index is 2.63. The third-order valence-corrected chi connectivity index (χ3v) is 3.41. The minimum atomic E-state index is -4.47. The number of carbonyl (C=O) groups excluding carboxylic acids is 1. The van der Waals surface area contributed by atoms with E-state index in [-0.39, 0.29) is 0 Å². The molecule has 1 saturated carbocycles. The minimum Gasteiger partial charge on any atom is -0.481 e. The molecular weight excluding hydrogens is 277 g/mol. The van der Waals surface area contributed by atoms with Crippen LogP contribution in [0, 0.1) is 5.92 Å². The molecule has 2 amide bonds. The van der Waals surface area contributed by atoms with Gasteiger partial charge in [-0.2, -0.15) is 13.2 Å². The predicted octanol–water partition coefficient (Wildman–Crippen LogP) is 2.22. The van der Waals surface area contributed by atoms with Crippen LogP contribution in [0.15, 0.2) is 0 Å². The van der Waals surface area contributed by atoms with Crippen molar-refractivity contribution >= 4 is 12.0 Å². The van der Waals surface area contributed by atoms with E-state index in [0.29, 0.717) is 17.7 Å². The molecule has 1 rings (SSSR count). The van der Waals surface area contributed by atoms with Crippen molar-refractivity contribution in [3.05, 3.63) is 0 Å². The zero-order valence-corrected chi connectivity index (χ0v) is 11.2. The molecule has 0 spiro atoms. The van der Waals surface area contributed by atoms with Crippen LogP contribution in [0.5, 0.6) is 0 Å². The van der Waals surface area contributed by atoms with E-state index in [0.717, 1.165) is 26.3 Å². The highest BCUT2D eigenvalue weighted by atomic mass is 19.4. The highest BCUT2D eigenvalue weighted by molar-refractivity contribution is 5.76. The van der Waals surface area contributed by atoms with Crippen LogP contribution >= 0.6 is 0 Å². The second-order valence-electron chi connectivity index (χ2n) is 5.11. The van der Waals surface area contributed by atoms with E-state index < -0.39 is 36.7 Å². The zero-order chi connectivity index (χ0) is 15.3. The molecule has 2 N–H and O–H groups in total. The Kier molecular flexibility index (Phi) is 5.64. The minimum absolute atomic E-state index is 0.434. The summed E-state index contributed by atoms with van der Waals surface area (Å²) >= 11 is 0. The van der Waals surface area contributed by atoms with Crippen molar-refractivity contribution in [1.82, 2.24) is 10.2 Å². The molecular formula is C12H19F3N2O3. The van der Waals surface area contributed by atoms with Gasteiger partial charge in [0.05, 0.1) is 5.92 Å². The van der Waals surface area contributed by atoms with E-state index in [1.54, 1.807) is 0 Å². The van der Waals surface area contributed by atoms with Crippen molar-refractivity contribution in [3.63, 3.8) is 0 Å². The molecule has 20 heavy (non-hydrogen) atoms. The lowest BCUT2D eigenvalue weighted by atomic mass is 9.95. The highest BCUT2D eigenvalue weighted by Crippen LogP contribution is 2.24. The number of nitrogens with zero attached hydrogens (tertiary/aromatic N) is 1. The first-order chi connectivity index (χ1) is 9.20. The lowest BCUT2D eigenvalue weighted by molar-refractivity contribution is -0.143. The van der Waals surface area contributed by atoms with Crippen LogP contribution < -0.4 is 5.32 Å². The van der Waals surface area contributed by atoms with Crippen molar-refractivity contribution in [1.29, 1.82) is 0 Å². The van der Waals surface area contributed by atoms with Gasteiger partial charge in [0, 0.05) is 13.1 Å². The number of amides is 2. The second kappa shape index (κ2) is 6.81. The van der Waals surface area contributed by atoms with Crippen LogP contribution in [-0.4, -0.2) is 47.8 Å². The zero-order valence-electron chi connectivity index (χ0n) is 11.2. The van der Waals surface area contributed by atoms with Gasteiger partial charge in [-0.1, -0.05) is 19.3 Å². The van der Waals surface area contributed by atoms with Gasteiger partial charge in [-0.25, -0.2) is 4.79 Å². The Labute approximate surface area is 115 Å². The first-order valence-corrected chi connectivity index (χ1v) is 6.52. The number of rotatable bonds is 3. The molecule has 1 aliphatic carbocycles. The van der Waals surface area contributed by atoms with Gasteiger partial charge in [-0.15, -0.1) is 0 Å². The third-order valence-electron chi connectivity index (χ3n) is 3.41. The number of hydrogen-bond donors (Lipinski definition) is 2. The molecule has 2 unspecified atom stereocenters. The summed E-state index contributed by atoms with van der Waals surface area (Å²) < 4.78 is 36.6. The molecule has 0 radical (unpaired) electrons. The summed E-state index contributed by atoms with van der Waals surface area (Å²) in [5.74, 6) is -1.75. The lowest BCUT2D eigenvalue weighted by Crippen LogP contribution is -2.49. The number of halogens is 3. The first kappa shape index (κ1) is 16.6. The van der Waals surface area contributed by atoms with Crippen molar-refractivity contribution in [2.45, 2.75) is 44.3 Å². The Morgan fingerprint density at radius 1 is 1.25 bits per heavy atom. The smallest absolute Gasteiger partial charge is 0.406 e. The van der Waals surface area contributed by atoms with Crippen LogP contribution in [0.25, 0.3) is 0 Å². The highest BCUT2D eigenvalue weighted by Gasteiger charge is 2.34. The molecule has 5 nitrogen and oxygen atoms in total. The summed E-state index contributed by atoms with van der Waals surface area (Å²) in [6.45, 7) is -1.36. The molecule has 0 saturated heterocycles. The quantitative estimate of drug-likeness (QED) is 0.785. The number of carbonyl (C=O) groups is 2. The maximum absolute atomic E-state index is 12.2. The number of aliphatic carboxylic acids is 1. The molecule has 1 fully saturated rings. The van der Waals surface area contributed by atoms with E-state index in [1.807, 2.05) is 0 Å². The molecule has 116 valence electrons. The summed E-state index contributed by atoms with van der Waals surface area (Å²) in [7, 11) is 1.04. The Bertz CT molecular complexity index is 360. The molecule has 0 heterocycles. The van der Waals surface area contributed by atoms with Gasteiger partial charge in [-0.3, -0.25) is 4.79 Å². The van der Waals surface area contributed by atoms with Gasteiger partial charge in [0.25, 0.3) is 0 Å². The number of alkyl halides is 3. The van der Waals surface area contributed by atoms with Gasteiger partial charge < -0.3 is 15.3 Å². The number of urea groups is 1. The SMILES string of the molecule is CN(CC(F)(F)F)C(=O)NC1CCCCCC1C(=O)O. The van der Waals surface area contributed by atoms with Crippen LogP contribution in [0.2, 0.25) is 0 Å². The summed E-state index contributed by atoms with van der Waals surface area (Å²) in [6, 6.07) is -1.50. The lowest BCUT2D eigenvalue weighted by Gasteiger charge is -2.26. The fraction of sp³-hybridized carbons (Fsp3) is 0.833. The van der Waals surface area contributed by atoms with E-state index in [9.17, 15) is 22.8 Å². The predicted molar refractivity (Wildman–Crippen MR) is 65.2 cm³/mol. The van der Waals surface area contributed by atoms with Gasteiger partial charge in [0.1, 0.15) is 6.54 Å². The van der Waals surface area contributed by atoms with Crippen molar-refractivity contribution < 1.29 is 27.9 Å². The largest absolute Gasteiger partial charge is 0.481 e. The molecule has 8 heteroatoms. The topological polar surface area (TPSA) is 69.6 Å². The maximum atomic E-state index is 12.2. The van der Waals surface area contributed by atoms with Gasteiger partial charge in [0.2, 0.25) is 0 Å². The standard InChI is InChI=1S/C12H19F3N2O3/c1-17(7-12(13,14)15)11(20)16-9-6-4-2-3-5-8(9)10(18)19/h8-9H,2-7H2,1H3,(H,16,20)(H,18,19). The van der Waals surface area contributed by atoms with E-state index >= 15 is 0 Å². The fourth-order valence-electron chi connectivity index (χ4n) is 2.39. The number of hydrogen-bond acceptors (Lipinski definition) is 2. The van der Waals surface area contributed by atoms with Crippen molar-refractivity contribution in [2.75, 3.05) is 13.6 Å².